The number of carbonyl (C=O) groups is 1. The number of aliphatic hydroxyl groups excluding tert-OH is 1. The van der Waals surface area contributed by atoms with E-state index >= 15 is 0 Å². The molecule has 3 aliphatic rings. The lowest BCUT2D eigenvalue weighted by Crippen LogP contribution is -2.26. The second kappa shape index (κ2) is 4.71. The number of carbonyl (C=O) groups excluding carboxylic acids is 1. The molecule has 0 saturated carbocycles. The van der Waals surface area contributed by atoms with Crippen molar-refractivity contribution in [3.05, 3.63) is 47.2 Å². The van der Waals surface area contributed by atoms with E-state index in [1.165, 1.54) is 0 Å². The van der Waals surface area contributed by atoms with Crippen molar-refractivity contribution in [1.29, 1.82) is 0 Å². The van der Waals surface area contributed by atoms with Gasteiger partial charge in [-0.2, -0.15) is 0 Å². The monoisotopic (exact) mass is 298 g/mol. The van der Waals surface area contributed by atoms with Crippen molar-refractivity contribution in [1.82, 2.24) is 0 Å². The molecule has 0 aromatic heterocycles. The van der Waals surface area contributed by atoms with E-state index in [1.807, 2.05) is 37.3 Å². The fourth-order valence-corrected chi connectivity index (χ4v) is 3.90. The van der Waals surface area contributed by atoms with Crippen LogP contribution in [0.4, 0.5) is 0 Å². The average molecular weight is 298 g/mol. The minimum atomic E-state index is -0.277. The molecule has 2 unspecified atom stereocenters. The van der Waals surface area contributed by atoms with E-state index in [0.29, 0.717) is 11.3 Å². The van der Waals surface area contributed by atoms with E-state index in [2.05, 4.69) is 0 Å². The Kier molecular flexibility index (Phi) is 2.91. The first-order chi connectivity index (χ1) is 10.7. The molecule has 1 fully saturated rings. The van der Waals surface area contributed by atoms with E-state index in [0.717, 1.165) is 17.5 Å². The van der Waals surface area contributed by atoms with Gasteiger partial charge in [-0.15, -0.1) is 0 Å². The molecule has 2 aliphatic heterocycles. The summed E-state index contributed by atoms with van der Waals surface area (Å²) in [7, 11) is 1.60. The Bertz CT molecular complexity index is 716. The van der Waals surface area contributed by atoms with Crippen LogP contribution < -0.4 is 4.74 Å². The Morgan fingerprint density at radius 3 is 2.59 bits per heavy atom. The number of ether oxygens (including phenoxy) is 2. The van der Waals surface area contributed by atoms with Gasteiger partial charge in [0, 0.05) is 0 Å². The summed E-state index contributed by atoms with van der Waals surface area (Å²) >= 11 is 0. The maximum Gasteiger partial charge on any atom is 0.173 e. The maximum absolute atomic E-state index is 12.9. The van der Waals surface area contributed by atoms with Gasteiger partial charge in [-0.05, 0) is 29.7 Å². The summed E-state index contributed by atoms with van der Waals surface area (Å²) in [5.74, 6) is 0.348. The highest BCUT2D eigenvalue weighted by Crippen LogP contribution is 2.51. The minimum absolute atomic E-state index is 0.0118. The highest BCUT2D eigenvalue weighted by atomic mass is 16.5. The second-order valence-electron chi connectivity index (χ2n) is 6.00. The zero-order valence-corrected chi connectivity index (χ0v) is 12.6. The van der Waals surface area contributed by atoms with Crippen molar-refractivity contribution < 1.29 is 19.4 Å². The molecule has 0 amide bonds. The molecule has 1 aromatic carbocycles. The predicted octanol–water partition coefficient (Wildman–Crippen LogP) is 2.68. The Morgan fingerprint density at radius 1 is 1.23 bits per heavy atom. The number of Topliss-reactive ketones (excluding diaryl/α,β-unsaturated/α-hetero) is 1. The maximum atomic E-state index is 12.9. The standard InChI is InChI=1S/C18H18O4/c1-3-9-4-5-10(21-2)8-11(9)14-17(19)15-12-6-7-13(22-12)16(15)18(14)20/h4-8,12-13,15-16,19H,3H2,1-2H3/t12-,13+,15?,16?/m0/s1. The summed E-state index contributed by atoms with van der Waals surface area (Å²) in [4.78, 5) is 12.9. The largest absolute Gasteiger partial charge is 0.511 e. The van der Waals surface area contributed by atoms with Crippen LogP contribution in [0.15, 0.2) is 36.1 Å². The topological polar surface area (TPSA) is 55.8 Å². The second-order valence-corrected chi connectivity index (χ2v) is 6.00. The van der Waals surface area contributed by atoms with Crippen molar-refractivity contribution in [2.24, 2.45) is 11.8 Å². The first-order valence-corrected chi connectivity index (χ1v) is 7.64. The van der Waals surface area contributed by atoms with Crippen LogP contribution >= 0.6 is 0 Å². The summed E-state index contributed by atoms with van der Waals surface area (Å²) in [6.07, 6.45) is 4.31. The molecular weight excluding hydrogens is 280 g/mol. The van der Waals surface area contributed by atoms with Crippen LogP contribution in [0.25, 0.3) is 5.57 Å². The molecule has 1 saturated heterocycles. The lowest BCUT2D eigenvalue weighted by Gasteiger charge is -2.15. The number of allylic oxidation sites excluding steroid dienone is 1. The molecule has 2 heterocycles. The Hall–Kier alpha value is -2.07. The van der Waals surface area contributed by atoms with Crippen LogP contribution in [0.5, 0.6) is 5.75 Å². The third-order valence-electron chi connectivity index (χ3n) is 4.99. The van der Waals surface area contributed by atoms with E-state index in [4.69, 9.17) is 9.47 Å². The quantitative estimate of drug-likeness (QED) is 0.872. The van der Waals surface area contributed by atoms with E-state index in [-0.39, 0.29) is 35.6 Å². The number of ketones is 1. The number of hydrogen-bond acceptors (Lipinski definition) is 4. The molecule has 114 valence electrons. The number of aryl methyl sites for hydroxylation is 1. The van der Waals surface area contributed by atoms with E-state index < -0.39 is 0 Å². The fraction of sp³-hybridized carbons (Fsp3) is 0.389. The van der Waals surface area contributed by atoms with Crippen molar-refractivity contribution in [3.63, 3.8) is 0 Å². The van der Waals surface area contributed by atoms with Crippen LogP contribution in [0.2, 0.25) is 0 Å². The Balaban J connectivity index is 1.85. The average Bonchev–Trinajstić information content (AvgIpc) is 3.21. The molecular formula is C18H18O4. The normalized spacial score (nSPS) is 32.0. The Morgan fingerprint density at radius 2 is 1.95 bits per heavy atom. The lowest BCUT2D eigenvalue weighted by atomic mass is 9.84. The molecule has 1 N–H and O–H groups in total. The molecule has 1 aromatic rings. The van der Waals surface area contributed by atoms with Crippen LogP contribution in [-0.4, -0.2) is 30.2 Å². The summed E-state index contributed by atoms with van der Waals surface area (Å²) in [6.45, 7) is 2.04. The van der Waals surface area contributed by atoms with Gasteiger partial charge in [0.1, 0.15) is 11.5 Å². The van der Waals surface area contributed by atoms with Crippen molar-refractivity contribution in [2.45, 2.75) is 25.6 Å². The van der Waals surface area contributed by atoms with Crippen LogP contribution in [0, 0.1) is 11.8 Å². The van der Waals surface area contributed by atoms with Crippen molar-refractivity contribution >= 4 is 11.4 Å². The third-order valence-corrected chi connectivity index (χ3v) is 4.99. The number of hydrogen-bond donors (Lipinski definition) is 1. The van der Waals surface area contributed by atoms with Gasteiger partial charge in [-0.3, -0.25) is 4.79 Å². The van der Waals surface area contributed by atoms with Crippen molar-refractivity contribution in [2.75, 3.05) is 7.11 Å². The molecule has 0 spiro atoms. The summed E-state index contributed by atoms with van der Waals surface area (Å²) in [5.41, 5.74) is 2.28. The molecule has 4 rings (SSSR count). The zero-order valence-electron chi connectivity index (χ0n) is 12.6. The van der Waals surface area contributed by atoms with Crippen LogP contribution in [0.1, 0.15) is 18.1 Å². The minimum Gasteiger partial charge on any atom is -0.511 e. The van der Waals surface area contributed by atoms with Crippen molar-refractivity contribution in [3.8, 4) is 5.75 Å². The van der Waals surface area contributed by atoms with Gasteiger partial charge in [0.25, 0.3) is 0 Å². The van der Waals surface area contributed by atoms with E-state index in [1.54, 1.807) is 7.11 Å². The highest BCUT2D eigenvalue weighted by Gasteiger charge is 2.57. The summed E-state index contributed by atoms with van der Waals surface area (Å²) in [5, 5.41) is 10.7. The molecule has 22 heavy (non-hydrogen) atoms. The summed E-state index contributed by atoms with van der Waals surface area (Å²) < 4.78 is 11.0. The van der Waals surface area contributed by atoms with Gasteiger partial charge < -0.3 is 14.6 Å². The number of benzene rings is 1. The number of aliphatic hydroxyl groups is 1. The van der Waals surface area contributed by atoms with Gasteiger partial charge in [-0.1, -0.05) is 25.1 Å². The van der Waals surface area contributed by atoms with Crippen LogP contribution in [0.3, 0.4) is 0 Å². The fourth-order valence-electron chi connectivity index (χ4n) is 3.90. The molecule has 4 atom stereocenters. The summed E-state index contributed by atoms with van der Waals surface area (Å²) in [6, 6.07) is 5.69. The lowest BCUT2D eigenvalue weighted by molar-refractivity contribution is -0.118. The van der Waals surface area contributed by atoms with E-state index in [9.17, 15) is 9.90 Å². The van der Waals surface area contributed by atoms with Gasteiger partial charge in [0.15, 0.2) is 5.78 Å². The molecule has 1 aliphatic carbocycles. The third kappa shape index (κ3) is 1.64. The van der Waals surface area contributed by atoms with Crippen LogP contribution in [-0.2, 0) is 16.0 Å². The zero-order chi connectivity index (χ0) is 15.4. The predicted molar refractivity (Wildman–Crippen MR) is 81.7 cm³/mol. The first kappa shape index (κ1) is 13.6. The van der Waals surface area contributed by atoms with Gasteiger partial charge in [0.05, 0.1) is 36.7 Å². The number of rotatable bonds is 3. The molecule has 4 heteroatoms. The van der Waals surface area contributed by atoms with Gasteiger partial charge in [0.2, 0.25) is 0 Å². The van der Waals surface area contributed by atoms with Gasteiger partial charge in [-0.25, -0.2) is 0 Å². The molecule has 4 nitrogen and oxygen atoms in total. The highest BCUT2D eigenvalue weighted by molar-refractivity contribution is 6.25. The number of fused-ring (bicyclic) bond motifs is 5. The smallest absolute Gasteiger partial charge is 0.173 e. The number of methoxy groups -OCH3 is 1. The SMILES string of the molecule is CCc1ccc(OC)cc1C1=C(O)C2C(C1=O)[C@H]1C=C[C@@H]2O1. The molecule has 2 bridgehead atoms. The Labute approximate surface area is 129 Å². The molecule has 0 radical (unpaired) electrons. The first-order valence-electron chi connectivity index (χ1n) is 7.64. The van der Waals surface area contributed by atoms with Gasteiger partial charge >= 0.3 is 0 Å².